The molecule has 1 aliphatic rings. The number of hydrogen-bond acceptors (Lipinski definition) is 5. The second-order valence-corrected chi connectivity index (χ2v) is 5.60. The van der Waals surface area contributed by atoms with Crippen molar-refractivity contribution in [1.29, 1.82) is 0 Å². The molecule has 2 aromatic rings. The van der Waals surface area contributed by atoms with E-state index in [1.807, 2.05) is 37.3 Å². The van der Waals surface area contributed by atoms with Gasteiger partial charge in [-0.2, -0.15) is 4.98 Å². The van der Waals surface area contributed by atoms with Crippen molar-refractivity contribution >= 4 is 17.5 Å². The maximum atomic E-state index is 5.18. The molecule has 1 fully saturated rings. The number of aryl methyl sites for hydroxylation is 1. The predicted octanol–water partition coefficient (Wildman–Crippen LogP) is 3.53. The number of piperidine rings is 1. The van der Waals surface area contributed by atoms with Gasteiger partial charge in [-0.05, 0) is 50.5 Å². The zero-order chi connectivity index (χ0) is 15.4. The summed E-state index contributed by atoms with van der Waals surface area (Å²) >= 11 is 0. The van der Waals surface area contributed by atoms with Crippen LogP contribution >= 0.6 is 0 Å². The normalized spacial score (nSPS) is 14.7. The summed E-state index contributed by atoms with van der Waals surface area (Å²) in [5.74, 6) is 2.51. The second kappa shape index (κ2) is 6.64. The lowest BCUT2D eigenvalue weighted by molar-refractivity contribution is 0.415. The summed E-state index contributed by atoms with van der Waals surface area (Å²) in [4.78, 5) is 11.5. The van der Waals surface area contributed by atoms with Crippen LogP contribution in [0, 0.1) is 6.92 Å². The van der Waals surface area contributed by atoms with Crippen molar-refractivity contribution in [2.45, 2.75) is 26.2 Å². The Morgan fingerprint density at radius 3 is 2.45 bits per heavy atom. The van der Waals surface area contributed by atoms with Crippen LogP contribution in [0.15, 0.2) is 30.3 Å². The van der Waals surface area contributed by atoms with Crippen LogP contribution in [0.4, 0.5) is 17.5 Å². The zero-order valence-corrected chi connectivity index (χ0v) is 13.2. The summed E-state index contributed by atoms with van der Waals surface area (Å²) in [6.07, 6.45) is 3.75. The monoisotopic (exact) mass is 298 g/mol. The van der Waals surface area contributed by atoms with Crippen LogP contribution in [0.3, 0.4) is 0 Å². The highest BCUT2D eigenvalue weighted by atomic mass is 16.5. The van der Waals surface area contributed by atoms with Gasteiger partial charge in [-0.3, -0.25) is 0 Å². The maximum Gasteiger partial charge on any atom is 0.227 e. The van der Waals surface area contributed by atoms with Crippen LogP contribution in [-0.2, 0) is 0 Å². The molecule has 5 heteroatoms. The summed E-state index contributed by atoms with van der Waals surface area (Å²) in [5.41, 5.74) is 1.97. The molecule has 0 radical (unpaired) electrons. The van der Waals surface area contributed by atoms with Crippen molar-refractivity contribution < 1.29 is 4.74 Å². The topological polar surface area (TPSA) is 50.3 Å². The smallest absolute Gasteiger partial charge is 0.227 e. The molecule has 0 saturated carbocycles. The van der Waals surface area contributed by atoms with E-state index >= 15 is 0 Å². The number of anilines is 3. The third-order valence-corrected chi connectivity index (χ3v) is 3.84. The maximum absolute atomic E-state index is 5.18. The summed E-state index contributed by atoms with van der Waals surface area (Å²) in [7, 11) is 1.67. The van der Waals surface area contributed by atoms with Crippen LogP contribution in [0.5, 0.6) is 5.75 Å². The molecule has 22 heavy (non-hydrogen) atoms. The first-order valence-corrected chi connectivity index (χ1v) is 7.76. The van der Waals surface area contributed by atoms with Gasteiger partial charge in [-0.25, -0.2) is 4.98 Å². The van der Waals surface area contributed by atoms with Crippen molar-refractivity contribution in [2.24, 2.45) is 0 Å². The van der Waals surface area contributed by atoms with Crippen LogP contribution in [0.1, 0.15) is 25.0 Å². The first kappa shape index (κ1) is 14.6. The first-order valence-electron chi connectivity index (χ1n) is 7.76. The molecule has 1 aliphatic heterocycles. The van der Waals surface area contributed by atoms with Crippen molar-refractivity contribution in [3.05, 3.63) is 36.0 Å². The third-order valence-electron chi connectivity index (χ3n) is 3.84. The average molecular weight is 298 g/mol. The predicted molar refractivity (Wildman–Crippen MR) is 89.1 cm³/mol. The molecule has 1 saturated heterocycles. The molecule has 1 N–H and O–H groups in total. The largest absolute Gasteiger partial charge is 0.497 e. The van der Waals surface area contributed by atoms with Crippen LogP contribution < -0.4 is 15.0 Å². The van der Waals surface area contributed by atoms with E-state index in [2.05, 4.69) is 20.2 Å². The Hall–Kier alpha value is -2.30. The number of nitrogens with one attached hydrogen (secondary N) is 1. The quantitative estimate of drug-likeness (QED) is 0.936. The minimum absolute atomic E-state index is 0.829. The van der Waals surface area contributed by atoms with E-state index in [1.165, 1.54) is 19.3 Å². The van der Waals surface area contributed by atoms with Gasteiger partial charge in [-0.1, -0.05) is 0 Å². The van der Waals surface area contributed by atoms with Crippen LogP contribution in [-0.4, -0.2) is 30.2 Å². The van der Waals surface area contributed by atoms with Crippen molar-refractivity contribution in [3.63, 3.8) is 0 Å². The first-order chi connectivity index (χ1) is 10.7. The summed E-state index contributed by atoms with van der Waals surface area (Å²) in [6.45, 7) is 4.10. The molecule has 0 unspecified atom stereocenters. The molecule has 1 aromatic carbocycles. The summed E-state index contributed by atoms with van der Waals surface area (Å²) in [5, 5.41) is 3.34. The minimum atomic E-state index is 0.829. The highest BCUT2D eigenvalue weighted by molar-refractivity contribution is 5.58. The van der Waals surface area contributed by atoms with E-state index in [1.54, 1.807) is 7.11 Å². The molecule has 3 rings (SSSR count). The lowest BCUT2D eigenvalue weighted by Crippen LogP contribution is -2.31. The molecule has 0 spiro atoms. The van der Waals surface area contributed by atoms with Crippen molar-refractivity contribution in [1.82, 2.24) is 9.97 Å². The molecule has 0 bridgehead atoms. The Labute approximate surface area is 131 Å². The molecule has 116 valence electrons. The fraction of sp³-hybridized carbons (Fsp3) is 0.412. The highest BCUT2D eigenvalue weighted by Gasteiger charge is 2.14. The molecule has 1 aromatic heterocycles. The van der Waals surface area contributed by atoms with Gasteiger partial charge in [0, 0.05) is 30.5 Å². The van der Waals surface area contributed by atoms with E-state index in [4.69, 9.17) is 4.74 Å². The molecule has 2 heterocycles. The van der Waals surface area contributed by atoms with E-state index < -0.39 is 0 Å². The number of benzene rings is 1. The van der Waals surface area contributed by atoms with Gasteiger partial charge in [0.1, 0.15) is 11.6 Å². The number of rotatable bonds is 4. The second-order valence-electron chi connectivity index (χ2n) is 5.60. The van der Waals surface area contributed by atoms with Gasteiger partial charge in [0.05, 0.1) is 7.11 Å². The number of methoxy groups -OCH3 is 1. The SMILES string of the molecule is COc1ccc(Nc2cc(C)nc(N3CCCCC3)n2)cc1. The Kier molecular flexibility index (Phi) is 4.42. The van der Waals surface area contributed by atoms with E-state index in [9.17, 15) is 0 Å². The van der Waals surface area contributed by atoms with Crippen LogP contribution in [0.2, 0.25) is 0 Å². The molecule has 0 amide bonds. The Morgan fingerprint density at radius 2 is 1.77 bits per heavy atom. The van der Waals surface area contributed by atoms with E-state index in [0.29, 0.717) is 0 Å². The lowest BCUT2D eigenvalue weighted by Gasteiger charge is -2.27. The van der Waals surface area contributed by atoms with Gasteiger partial charge in [0.25, 0.3) is 0 Å². The number of nitrogens with zero attached hydrogens (tertiary/aromatic N) is 3. The van der Waals surface area contributed by atoms with Crippen molar-refractivity contribution in [2.75, 3.05) is 30.4 Å². The molecule has 0 aliphatic carbocycles. The summed E-state index contributed by atoms with van der Waals surface area (Å²) in [6, 6.07) is 9.80. The van der Waals surface area contributed by atoms with E-state index in [0.717, 1.165) is 42.0 Å². The number of hydrogen-bond donors (Lipinski definition) is 1. The minimum Gasteiger partial charge on any atom is -0.497 e. The van der Waals surface area contributed by atoms with Gasteiger partial charge >= 0.3 is 0 Å². The highest BCUT2D eigenvalue weighted by Crippen LogP contribution is 2.22. The fourth-order valence-electron chi connectivity index (χ4n) is 2.67. The van der Waals surface area contributed by atoms with E-state index in [-0.39, 0.29) is 0 Å². The fourth-order valence-corrected chi connectivity index (χ4v) is 2.67. The van der Waals surface area contributed by atoms with Crippen molar-refractivity contribution in [3.8, 4) is 5.75 Å². The number of aromatic nitrogens is 2. The lowest BCUT2D eigenvalue weighted by atomic mass is 10.1. The summed E-state index contributed by atoms with van der Waals surface area (Å²) < 4.78 is 5.18. The zero-order valence-electron chi connectivity index (χ0n) is 13.2. The molecule has 0 atom stereocenters. The Balaban J connectivity index is 1.79. The van der Waals surface area contributed by atoms with Gasteiger partial charge in [-0.15, -0.1) is 0 Å². The number of ether oxygens (including phenoxy) is 1. The van der Waals surface area contributed by atoms with Gasteiger partial charge in [0.15, 0.2) is 0 Å². The Bertz CT molecular complexity index is 621. The standard InChI is InChI=1S/C17H22N4O/c1-13-12-16(19-14-6-8-15(22-2)9-7-14)20-17(18-13)21-10-4-3-5-11-21/h6-9,12H,3-5,10-11H2,1-2H3,(H,18,19,20). The molecular formula is C17H22N4O. The van der Waals surface area contributed by atoms with Crippen LogP contribution in [0.25, 0.3) is 0 Å². The molecular weight excluding hydrogens is 276 g/mol. The third kappa shape index (κ3) is 3.47. The van der Waals surface area contributed by atoms with Gasteiger partial charge in [0.2, 0.25) is 5.95 Å². The van der Waals surface area contributed by atoms with Gasteiger partial charge < -0.3 is 15.0 Å². The molecule has 5 nitrogen and oxygen atoms in total. The Morgan fingerprint density at radius 1 is 1.05 bits per heavy atom. The average Bonchev–Trinajstić information content (AvgIpc) is 2.56.